The molecule has 0 bridgehead atoms. The molecule has 2 aromatic carbocycles. The average molecular weight is 281 g/mol. The maximum atomic E-state index is 11.4. The molecule has 92 valence electrons. The smallest absolute Gasteiger partial charge is 0.315 e. The molecule has 0 aromatic heterocycles. The number of carboxylic acids is 1. The normalized spacial score (nSPS) is 12.1. The second kappa shape index (κ2) is 5.42. The molecule has 1 atom stereocenters. The molecule has 0 amide bonds. The Morgan fingerprint density at radius 1 is 1.00 bits per heavy atom. The van der Waals surface area contributed by atoms with E-state index in [4.69, 9.17) is 23.2 Å². The summed E-state index contributed by atoms with van der Waals surface area (Å²) in [5.74, 6) is -1.72. The second-order valence-electron chi connectivity index (χ2n) is 3.84. The molecule has 0 aliphatic carbocycles. The molecule has 18 heavy (non-hydrogen) atoms. The first-order chi connectivity index (χ1) is 8.59. The number of carbonyl (C=O) groups is 1. The van der Waals surface area contributed by atoms with Crippen LogP contribution in [-0.4, -0.2) is 11.1 Å². The highest BCUT2D eigenvalue weighted by atomic mass is 35.5. The number of benzene rings is 2. The van der Waals surface area contributed by atoms with Gasteiger partial charge in [-0.25, -0.2) is 0 Å². The molecule has 0 radical (unpaired) electrons. The summed E-state index contributed by atoms with van der Waals surface area (Å²) < 4.78 is 0. The van der Waals surface area contributed by atoms with Crippen LogP contribution in [-0.2, 0) is 4.79 Å². The summed E-state index contributed by atoms with van der Waals surface area (Å²) in [5.41, 5.74) is 1.23. The molecule has 0 saturated carbocycles. The molecule has 0 aliphatic rings. The number of hydrogen-bond acceptors (Lipinski definition) is 1. The zero-order valence-corrected chi connectivity index (χ0v) is 10.8. The third-order valence-electron chi connectivity index (χ3n) is 2.67. The predicted octanol–water partition coefficient (Wildman–Crippen LogP) is 4.21. The minimum Gasteiger partial charge on any atom is -0.481 e. The van der Waals surface area contributed by atoms with Gasteiger partial charge in [0.15, 0.2) is 0 Å². The zero-order chi connectivity index (χ0) is 13.1. The van der Waals surface area contributed by atoms with Crippen molar-refractivity contribution in [2.75, 3.05) is 0 Å². The highest BCUT2D eigenvalue weighted by molar-refractivity contribution is 6.31. The molecule has 1 unspecified atom stereocenters. The number of rotatable bonds is 3. The maximum absolute atomic E-state index is 11.4. The van der Waals surface area contributed by atoms with Gasteiger partial charge in [-0.1, -0.05) is 53.5 Å². The summed E-state index contributed by atoms with van der Waals surface area (Å²) in [6.07, 6.45) is 0. The molecule has 1 N–H and O–H groups in total. The fourth-order valence-corrected chi connectivity index (χ4v) is 2.19. The lowest BCUT2D eigenvalue weighted by Crippen LogP contribution is -2.13. The first-order valence-electron chi connectivity index (χ1n) is 5.32. The fourth-order valence-electron chi connectivity index (χ4n) is 1.82. The number of halogens is 2. The van der Waals surface area contributed by atoms with Gasteiger partial charge in [0, 0.05) is 10.0 Å². The first-order valence-corrected chi connectivity index (χ1v) is 6.08. The summed E-state index contributed by atoms with van der Waals surface area (Å²) in [6.45, 7) is 0. The van der Waals surface area contributed by atoms with Crippen LogP contribution in [0.3, 0.4) is 0 Å². The quantitative estimate of drug-likeness (QED) is 0.915. The highest BCUT2D eigenvalue weighted by Gasteiger charge is 2.23. The van der Waals surface area contributed by atoms with Crippen molar-refractivity contribution in [3.63, 3.8) is 0 Å². The van der Waals surface area contributed by atoms with E-state index in [1.54, 1.807) is 48.5 Å². The van der Waals surface area contributed by atoms with E-state index in [-0.39, 0.29) is 0 Å². The summed E-state index contributed by atoms with van der Waals surface area (Å²) >= 11 is 11.9. The Morgan fingerprint density at radius 3 is 2.17 bits per heavy atom. The Kier molecular flexibility index (Phi) is 3.90. The van der Waals surface area contributed by atoms with Gasteiger partial charge in [-0.3, -0.25) is 4.79 Å². The van der Waals surface area contributed by atoms with Crippen LogP contribution in [0.25, 0.3) is 0 Å². The molecule has 0 fully saturated rings. The van der Waals surface area contributed by atoms with E-state index in [0.717, 1.165) is 0 Å². The van der Waals surface area contributed by atoms with Gasteiger partial charge in [-0.15, -0.1) is 0 Å². The van der Waals surface area contributed by atoms with Crippen LogP contribution in [0, 0.1) is 0 Å². The van der Waals surface area contributed by atoms with Gasteiger partial charge < -0.3 is 5.11 Å². The Bertz CT molecular complexity index is 564. The van der Waals surface area contributed by atoms with E-state index in [2.05, 4.69) is 0 Å². The van der Waals surface area contributed by atoms with E-state index >= 15 is 0 Å². The molecule has 0 heterocycles. The Hall–Kier alpha value is -1.51. The lowest BCUT2D eigenvalue weighted by molar-refractivity contribution is -0.137. The highest BCUT2D eigenvalue weighted by Crippen LogP contribution is 2.31. The van der Waals surface area contributed by atoms with Crippen LogP contribution in [0.5, 0.6) is 0 Å². The second-order valence-corrected chi connectivity index (χ2v) is 4.69. The summed E-state index contributed by atoms with van der Waals surface area (Å²) in [6, 6.07) is 13.7. The van der Waals surface area contributed by atoms with Crippen molar-refractivity contribution >= 4 is 29.2 Å². The molecule has 2 aromatic rings. The predicted molar refractivity (Wildman–Crippen MR) is 72.4 cm³/mol. The third-order valence-corrected chi connectivity index (χ3v) is 3.26. The molecule has 0 saturated heterocycles. The van der Waals surface area contributed by atoms with Gasteiger partial charge in [0.1, 0.15) is 5.92 Å². The van der Waals surface area contributed by atoms with Crippen molar-refractivity contribution in [3.05, 3.63) is 69.7 Å². The number of carboxylic acid groups (broad SMARTS) is 1. The zero-order valence-electron chi connectivity index (χ0n) is 9.31. The molecule has 4 heteroatoms. The van der Waals surface area contributed by atoms with Gasteiger partial charge in [-0.05, 0) is 29.3 Å². The van der Waals surface area contributed by atoms with Gasteiger partial charge >= 0.3 is 5.97 Å². The van der Waals surface area contributed by atoms with Crippen LogP contribution < -0.4 is 0 Å². The standard InChI is InChI=1S/C14H10Cl2O2/c15-10-7-5-9(6-8-10)13(14(17)18)11-3-1-2-4-12(11)16/h1-8,13H,(H,17,18). The van der Waals surface area contributed by atoms with Crippen LogP contribution in [0.1, 0.15) is 17.0 Å². The molecule has 0 aliphatic heterocycles. The minimum absolute atomic E-state index is 0.444. The lowest BCUT2D eigenvalue weighted by atomic mass is 9.91. The maximum Gasteiger partial charge on any atom is 0.315 e. The van der Waals surface area contributed by atoms with E-state index in [0.29, 0.717) is 21.2 Å². The molecule has 2 rings (SSSR count). The van der Waals surface area contributed by atoms with E-state index < -0.39 is 11.9 Å². The van der Waals surface area contributed by atoms with Crippen molar-refractivity contribution in [1.82, 2.24) is 0 Å². The Labute approximate surface area is 115 Å². The first kappa shape index (κ1) is 12.9. The van der Waals surface area contributed by atoms with Gasteiger partial charge in [0.05, 0.1) is 0 Å². The molecule has 0 spiro atoms. The summed E-state index contributed by atoms with van der Waals surface area (Å²) in [7, 11) is 0. The van der Waals surface area contributed by atoms with Crippen molar-refractivity contribution in [1.29, 1.82) is 0 Å². The third kappa shape index (κ3) is 2.66. The van der Waals surface area contributed by atoms with Crippen molar-refractivity contribution in [3.8, 4) is 0 Å². The van der Waals surface area contributed by atoms with Crippen molar-refractivity contribution in [2.45, 2.75) is 5.92 Å². The van der Waals surface area contributed by atoms with Gasteiger partial charge in [-0.2, -0.15) is 0 Å². The van der Waals surface area contributed by atoms with Crippen LogP contribution in [0.15, 0.2) is 48.5 Å². The van der Waals surface area contributed by atoms with E-state index in [1.165, 1.54) is 0 Å². The average Bonchev–Trinajstić information content (AvgIpc) is 2.34. The minimum atomic E-state index is -0.939. The number of hydrogen-bond donors (Lipinski definition) is 1. The summed E-state index contributed by atoms with van der Waals surface area (Å²) in [4.78, 5) is 11.4. The monoisotopic (exact) mass is 280 g/mol. The van der Waals surface area contributed by atoms with Crippen molar-refractivity contribution in [2.24, 2.45) is 0 Å². The SMILES string of the molecule is O=C(O)C(c1ccc(Cl)cc1)c1ccccc1Cl. The fraction of sp³-hybridized carbons (Fsp3) is 0.0714. The van der Waals surface area contributed by atoms with Crippen LogP contribution in [0.2, 0.25) is 10.0 Å². The van der Waals surface area contributed by atoms with Gasteiger partial charge in [0.25, 0.3) is 0 Å². The van der Waals surface area contributed by atoms with E-state index in [1.807, 2.05) is 0 Å². The Morgan fingerprint density at radius 2 is 1.61 bits per heavy atom. The van der Waals surface area contributed by atoms with Crippen LogP contribution >= 0.6 is 23.2 Å². The summed E-state index contributed by atoms with van der Waals surface area (Å²) in [5, 5.41) is 10.4. The molecular weight excluding hydrogens is 271 g/mol. The lowest BCUT2D eigenvalue weighted by Gasteiger charge is -2.14. The van der Waals surface area contributed by atoms with E-state index in [9.17, 15) is 9.90 Å². The van der Waals surface area contributed by atoms with Gasteiger partial charge in [0.2, 0.25) is 0 Å². The van der Waals surface area contributed by atoms with Crippen LogP contribution in [0.4, 0.5) is 0 Å². The molecular formula is C14H10Cl2O2. The largest absolute Gasteiger partial charge is 0.481 e. The van der Waals surface area contributed by atoms with Crippen molar-refractivity contribution < 1.29 is 9.90 Å². The topological polar surface area (TPSA) is 37.3 Å². The molecule has 2 nitrogen and oxygen atoms in total. The number of aliphatic carboxylic acids is 1. The Balaban J connectivity index is 2.50.